The highest BCUT2D eigenvalue weighted by atomic mass is 16.6. The summed E-state index contributed by atoms with van der Waals surface area (Å²) in [6, 6.07) is 0. The minimum absolute atomic E-state index is 0.0806. The van der Waals surface area contributed by atoms with Gasteiger partial charge in [-0.2, -0.15) is 0 Å². The topological polar surface area (TPSA) is 119 Å². The molecule has 0 atom stereocenters. The van der Waals surface area contributed by atoms with Crippen LogP contribution in [0.2, 0.25) is 0 Å². The number of allylic oxidation sites excluding steroid dienone is 6. The zero-order valence-electron chi connectivity index (χ0n) is 44.4. The minimum Gasteiger partial charge on any atom is -0.462 e. The summed E-state index contributed by atoms with van der Waals surface area (Å²) in [6.07, 6.45) is 61.2. The van der Waals surface area contributed by atoms with Crippen molar-refractivity contribution in [3.63, 3.8) is 0 Å². The first-order valence-electron chi connectivity index (χ1n) is 28.6. The summed E-state index contributed by atoms with van der Waals surface area (Å²) in [5, 5.41) is 15.2. The molecule has 0 radical (unpaired) electrons. The standard InChI is InChI=1S/C57H104O6.C2H6O2/c1-4-7-10-13-16-19-22-25-28-31-34-37-40-43-46-49-55(58)61-52-54(63-57(60)51-48-45-42-39-36-33-30-27-24-21-18-15-12-9-6-3)53-62-56(59)50-47-44-41-38-35-32-29-26-23-20-17-14-11-8-5-2;3-1-2-4/h25-30,54H,4-24,31-53H2,1-3H3;3-4H,1-2H2/b28-25-,29-26-,30-27-;. The second kappa shape index (κ2) is 59.7. The van der Waals surface area contributed by atoms with Crippen LogP contribution in [0.1, 0.15) is 290 Å². The molecule has 0 aliphatic heterocycles. The summed E-state index contributed by atoms with van der Waals surface area (Å²) in [6.45, 7) is 6.38. The molecule has 0 saturated heterocycles. The summed E-state index contributed by atoms with van der Waals surface area (Å²) in [5.41, 5.74) is 0. The van der Waals surface area contributed by atoms with Gasteiger partial charge in [-0.05, 0) is 96.3 Å². The Morgan fingerprint density at radius 2 is 0.552 bits per heavy atom. The third kappa shape index (κ3) is 59.6. The molecule has 0 spiro atoms. The van der Waals surface area contributed by atoms with Crippen LogP contribution < -0.4 is 0 Å². The Hall–Kier alpha value is -2.45. The number of hydrogen-bond donors (Lipinski definition) is 2. The molecule has 0 aliphatic carbocycles. The molecule has 67 heavy (non-hydrogen) atoms. The maximum absolute atomic E-state index is 12.8. The first-order chi connectivity index (χ1) is 32.9. The monoisotopic (exact) mass is 947 g/mol. The van der Waals surface area contributed by atoms with E-state index in [-0.39, 0.29) is 44.3 Å². The highest BCUT2D eigenvalue weighted by molar-refractivity contribution is 5.71. The molecule has 0 rings (SSSR count). The van der Waals surface area contributed by atoms with Gasteiger partial charge in [-0.1, -0.05) is 211 Å². The van der Waals surface area contributed by atoms with Gasteiger partial charge in [-0.3, -0.25) is 14.4 Å². The molecule has 0 bridgehead atoms. The van der Waals surface area contributed by atoms with Gasteiger partial charge in [0, 0.05) is 19.3 Å². The van der Waals surface area contributed by atoms with Crippen LogP contribution in [0.4, 0.5) is 0 Å². The Morgan fingerprint density at radius 1 is 0.328 bits per heavy atom. The van der Waals surface area contributed by atoms with Gasteiger partial charge in [0.15, 0.2) is 6.10 Å². The fraction of sp³-hybridized carbons (Fsp3) is 0.847. The summed E-state index contributed by atoms with van der Waals surface area (Å²) in [5.74, 6) is -0.893. The maximum Gasteiger partial charge on any atom is 0.306 e. The highest BCUT2D eigenvalue weighted by Crippen LogP contribution is 2.15. The summed E-state index contributed by atoms with van der Waals surface area (Å²) >= 11 is 0. The molecule has 0 unspecified atom stereocenters. The van der Waals surface area contributed by atoms with Crippen LogP contribution in [0, 0.1) is 0 Å². The largest absolute Gasteiger partial charge is 0.462 e. The number of esters is 3. The average Bonchev–Trinajstić information content (AvgIpc) is 3.33. The number of unbranched alkanes of at least 4 members (excludes halogenated alkanes) is 33. The summed E-state index contributed by atoms with van der Waals surface area (Å²) in [4.78, 5) is 38.0. The Bertz CT molecular complexity index is 1040. The molecule has 2 N–H and O–H groups in total. The first-order valence-corrected chi connectivity index (χ1v) is 28.6. The van der Waals surface area contributed by atoms with Gasteiger partial charge in [0.2, 0.25) is 0 Å². The van der Waals surface area contributed by atoms with Gasteiger partial charge in [0.25, 0.3) is 0 Å². The van der Waals surface area contributed by atoms with Crippen molar-refractivity contribution < 1.29 is 38.8 Å². The molecule has 8 heteroatoms. The van der Waals surface area contributed by atoms with Crippen LogP contribution >= 0.6 is 0 Å². The molecule has 0 aliphatic rings. The Morgan fingerprint density at radius 3 is 0.806 bits per heavy atom. The molecule has 8 nitrogen and oxygen atoms in total. The lowest BCUT2D eigenvalue weighted by Crippen LogP contribution is -2.30. The molecule has 0 aromatic heterocycles. The molecule has 394 valence electrons. The summed E-state index contributed by atoms with van der Waals surface area (Å²) in [7, 11) is 0. The predicted molar refractivity (Wildman–Crippen MR) is 284 cm³/mol. The van der Waals surface area contributed by atoms with E-state index < -0.39 is 6.10 Å². The van der Waals surface area contributed by atoms with E-state index in [0.29, 0.717) is 19.3 Å². The van der Waals surface area contributed by atoms with Crippen LogP contribution in [0.3, 0.4) is 0 Å². The molecule has 0 heterocycles. The van der Waals surface area contributed by atoms with Gasteiger partial charge >= 0.3 is 17.9 Å². The molecule has 0 fully saturated rings. The van der Waals surface area contributed by atoms with Crippen molar-refractivity contribution in [3.05, 3.63) is 36.5 Å². The van der Waals surface area contributed by atoms with Gasteiger partial charge in [0.1, 0.15) is 13.2 Å². The van der Waals surface area contributed by atoms with Gasteiger partial charge in [0.05, 0.1) is 13.2 Å². The lowest BCUT2D eigenvalue weighted by atomic mass is 10.1. The normalized spacial score (nSPS) is 11.6. The van der Waals surface area contributed by atoms with Gasteiger partial charge < -0.3 is 24.4 Å². The molecular formula is C59H110O8. The van der Waals surface area contributed by atoms with Crippen LogP contribution in [0.15, 0.2) is 36.5 Å². The lowest BCUT2D eigenvalue weighted by molar-refractivity contribution is -0.167. The zero-order chi connectivity index (χ0) is 49.2. The van der Waals surface area contributed by atoms with Gasteiger partial charge in [-0.15, -0.1) is 0 Å². The first kappa shape index (κ1) is 66.6. The molecule has 0 amide bonds. The number of ether oxygens (including phenoxy) is 3. The van der Waals surface area contributed by atoms with Crippen LogP contribution in [0.25, 0.3) is 0 Å². The number of carbonyl (C=O) groups excluding carboxylic acids is 3. The van der Waals surface area contributed by atoms with E-state index in [1.165, 1.54) is 173 Å². The quantitative estimate of drug-likeness (QED) is 0.0268. The Balaban J connectivity index is 0. The molecule has 0 aromatic rings. The molecular weight excluding hydrogens is 837 g/mol. The number of hydrogen-bond acceptors (Lipinski definition) is 8. The van der Waals surface area contributed by atoms with E-state index in [0.717, 1.165) is 77.0 Å². The van der Waals surface area contributed by atoms with Crippen molar-refractivity contribution in [2.45, 2.75) is 297 Å². The van der Waals surface area contributed by atoms with Gasteiger partial charge in [-0.25, -0.2) is 0 Å². The molecule has 0 aromatic carbocycles. The summed E-state index contributed by atoms with van der Waals surface area (Å²) < 4.78 is 16.8. The van der Waals surface area contributed by atoms with Crippen molar-refractivity contribution in [2.24, 2.45) is 0 Å². The van der Waals surface area contributed by atoms with E-state index in [2.05, 4.69) is 57.2 Å². The highest BCUT2D eigenvalue weighted by Gasteiger charge is 2.19. The van der Waals surface area contributed by atoms with Crippen molar-refractivity contribution in [3.8, 4) is 0 Å². The Labute approximate surface area is 414 Å². The third-order valence-electron chi connectivity index (χ3n) is 12.2. The minimum atomic E-state index is -0.781. The van der Waals surface area contributed by atoms with Crippen molar-refractivity contribution in [2.75, 3.05) is 26.4 Å². The maximum atomic E-state index is 12.8. The van der Waals surface area contributed by atoms with Crippen LogP contribution in [-0.4, -0.2) is 60.7 Å². The number of carbonyl (C=O) groups is 3. The third-order valence-corrected chi connectivity index (χ3v) is 12.2. The smallest absolute Gasteiger partial charge is 0.306 e. The zero-order valence-corrected chi connectivity index (χ0v) is 44.4. The Kier molecular flexibility index (Phi) is 59.3. The van der Waals surface area contributed by atoms with Crippen LogP contribution in [0.5, 0.6) is 0 Å². The molecule has 0 saturated carbocycles. The van der Waals surface area contributed by atoms with E-state index in [1.807, 2.05) is 0 Å². The van der Waals surface area contributed by atoms with E-state index in [1.54, 1.807) is 0 Å². The second-order valence-corrected chi connectivity index (χ2v) is 18.9. The predicted octanol–water partition coefficient (Wildman–Crippen LogP) is 17.1. The lowest BCUT2D eigenvalue weighted by Gasteiger charge is -2.18. The van der Waals surface area contributed by atoms with E-state index >= 15 is 0 Å². The van der Waals surface area contributed by atoms with Crippen LogP contribution in [-0.2, 0) is 28.6 Å². The SMILES string of the molecule is CCCCCCCC/C=C\CCCCCCCC(=O)OCC(COC(=O)CCCCCCC/C=C\CCCCCCCC)OC(=O)CCCCCCC/C=C\CCCCCCCC.OCCO. The fourth-order valence-electron chi connectivity index (χ4n) is 7.90. The van der Waals surface area contributed by atoms with E-state index in [4.69, 9.17) is 24.4 Å². The average molecular weight is 948 g/mol. The number of aliphatic hydroxyl groups is 2. The number of aliphatic hydroxyl groups excluding tert-OH is 2. The number of rotatable bonds is 51. The van der Waals surface area contributed by atoms with Crippen molar-refractivity contribution >= 4 is 17.9 Å². The van der Waals surface area contributed by atoms with Crippen molar-refractivity contribution in [1.29, 1.82) is 0 Å². The van der Waals surface area contributed by atoms with Crippen molar-refractivity contribution in [1.82, 2.24) is 0 Å². The fourth-order valence-corrected chi connectivity index (χ4v) is 7.90. The second-order valence-electron chi connectivity index (χ2n) is 18.9. The van der Waals surface area contributed by atoms with E-state index in [9.17, 15) is 14.4 Å².